The van der Waals surface area contributed by atoms with E-state index in [1.807, 2.05) is 0 Å². The molecule has 1 atom stereocenters. The number of anilines is 1. The predicted molar refractivity (Wildman–Crippen MR) is 151 cm³/mol. The monoisotopic (exact) mass is 555 g/mol. The maximum absolute atomic E-state index is 13.9. The Bertz CT molecular complexity index is 1770. The lowest BCUT2D eigenvalue weighted by molar-refractivity contribution is -0.129. The van der Waals surface area contributed by atoms with Gasteiger partial charge in [-0.05, 0) is 55.8 Å². The third-order valence-electron chi connectivity index (χ3n) is 5.76. The minimum atomic E-state index is -3.59. The van der Waals surface area contributed by atoms with E-state index in [4.69, 9.17) is 4.42 Å². The van der Waals surface area contributed by atoms with Gasteiger partial charge in [-0.1, -0.05) is 43.0 Å². The van der Waals surface area contributed by atoms with E-state index in [0.29, 0.717) is 16.8 Å². The van der Waals surface area contributed by atoms with Gasteiger partial charge in [0, 0.05) is 34.8 Å². The third kappa shape index (κ3) is 6.28. The zero-order valence-corrected chi connectivity index (χ0v) is 22.5. The van der Waals surface area contributed by atoms with E-state index >= 15 is 0 Å². The summed E-state index contributed by atoms with van der Waals surface area (Å²) in [6.45, 7) is 3.34. The molecular weight excluding hydrogens is 530 g/mol. The zero-order chi connectivity index (χ0) is 28.7. The zero-order valence-electron chi connectivity index (χ0n) is 21.6. The number of hydrogen-bond acceptors (Lipinski definition) is 6. The van der Waals surface area contributed by atoms with Gasteiger partial charge in [0.1, 0.15) is 4.86 Å². The number of nitrogens with zero attached hydrogens (tertiary/aromatic N) is 1. The molecule has 202 valence electrons. The Morgan fingerprint density at radius 1 is 0.950 bits per heavy atom. The Hall–Kier alpha value is -5.14. The topological polar surface area (TPSA) is 139 Å². The highest BCUT2D eigenvalue weighted by Gasteiger charge is 2.25. The molecule has 0 radical (unpaired) electrons. The van der Waals surface area contributed by atoms with Gasteiger partial charge >= 0.3 is 5.97 Å². The fraction of sp³-hybridized carbons (Fsp3) is 0.100. The van der Waals surface area contributed by atoms with Gasteiger partial charge in [0.25, 0.3) is 11.8 Å². The van der Waals surface area contributed by atoms with Gasteiger partial charge in [0.2, 0.25) is 0 Å². The minimum Gasteiger partial charge on any atom is -0.477 e. The van der Waals surface area contributed by atoms with Crippen molar-refractivity contribution in [2.24, 2.45) is 0 Å². The summed E-state index contributed by atoms with van der Waals surface area (Å²) in [7, 11) is -3.59. The second-order valence-corrected chi connectivity index (χ2v) is 10.8. The number of carbonyl (C=O) groups is 3. The normalized spacial score (nSPS) is 11.8. The molecule has 0 fully saturated rings. The van der Waals surface area contributed by atoms with E-state index in [1.54, 1.807) is 62.4 Å². The molecule has 0 bridgehead atoms. The van der Waals surface area contributed by atoms with E-state index in [2.05, 4.69) is 26.9 Å². The number of benzene rings is 2. The lowest BCUT2D eigenvalue weighted by Crippen LogP contribution is -2.38. The molecule has 2 aromatic carbocycles. The highest BCUT2D eigenvalue weighted by atomic mass is 32.2. The fourth-order valence-corrected chi connectivity index (χ4v) is 5.88. The van der Waals surface area contributed by atoms with Crippen LogP contribution in [0.25, 0.3) is 0 Å². The van der Waals surface area contributed by atoms with Gasteiger partial charge in [-0.2, -0.15) is 0 Å². The molecule has 2 aromatic heterocycles. The van der Waals surface area contributed by atoms with Gasteiger partial charge < -0.3 is 14.8 Å². The van der Waals surface area contributed by atoms with Crippen LogP contribution in [-0.2, 0) is 14.5 Å². The van der Waals surface area contributed by atoms with Crippen molar-refractivity contribution in [3.05, 3.63) is 113 Å². The van der Waals surface area contributed by atoms with Crippen LogP contribution >= 0.6 is 0 Å². The van der Waals surface area contributed by atoms with Crippen molar-refractivity contribution in [3.63, 3.8) is 0 Å². The second kappa shape index (κ2) is 12.1. The van der Waals surface area contributed by atoms with Gasteiger partial charge in [-0.3, -0.25) is 19.3 Å². The van der Waals surface area contributed by atoms with Crippen LogP contribution in [0.15, 0.2) is 94.7 Å². The Labute approximate surface area is 231 Å². The van der Waals surface area contributed by atoms with Crippen LogP contribution < -0.4 is 10.0 Å². The molecule has 4 rings (SSSR count). The Morgan fingerprint density at radius 2 is 1.70 bits per heavy atom. The standard InChI is InChI=1S/C30H25N3O6S/c1-3-26(30(36)37)40(38,25-10-5-4-6-11-25)33-28(34)23-16-22(18-31-19-23)13-12-21-8-7-9-24(17-21)32-29(35)27-20(2)14-15-39-27/h4-11,14-19H,3H2,1-2H3,(H,32,35)(H,36,37)(H,33,34,38). The molecule has 2 heterocycles. The number of hydrogen-bond donors (Lipinski definition) is 3. The summed E-state index contributed by atoms with van der Waals surface area (Å²) < 4.78 is 21.6. The first-order valence-electron chi connectivity index (χ1n) is 12.1. The van der Waals surface area contributed by atoms with Crippen molar-refractivity contribution in [1.29, 1.82) is 0 Å². The third-order valence-corrected chi connectivity index (χ3v) is 8.32. The molecule has 0 aliphatic rings. The summed E-state index contributed by atoms with van der Waals surface area (Å²) in [5, 5.41) is 12.4. The fourth-order valence-electron chi connectivity index (χ4n) is 3.79. The molecule has 4 aromatic rings. The molecule has 40 heavy (non-hydrogen) atoms. The Kier molecular flexibility index (Phi) is 8.47. The van der Waals surface area contributed by atoms with Crippen LogP contribution in [0.5, 0.6) is 0 Å². The lowest BCUT2D eigenvalue weighted by Gasteiger charge is -2.17. The molecule has 0 aliphatic carbocycles. The van der Waals surface area contributed by atoms with Gasteiger partial charge in [0.15, 0.2) is 5.76 Å². The van der Waals surface area contributed by atoms with Crippen molar-refractivity contribution < 1.29 is 28.1 Å². The number of furan rings is 1. The van der Waals surface area contributed by atoms with E-state index < -0.39 is 21.6 Å². The molecule has 9 nitrogen and oxygen atoms in total. The van der Waals surface area contributed by atoms with Crippen LogP contribution in [-0.4, -0.2) is 36.9 Å². The predicted octanol–water partition coefficient (Wildman–Crippen LogP) is 4.29. The number of aryl methyl sites for hydroxylation is 1. The minimum absolute atomic E-state index is 0.0340. The van der Waals surface area contributed by atoms with Crippen molar-refractivity contribution in [1.82, 2.24) is 9.71 Å². The van der Waals surface area contributed by atoms with E-state index in [0.717, 1.165) is 5.56 Å². The summed E-state index contributed by atoms with van der Waals surface area (Å²) in [6.07, 6.45) is 4.16. The second-order valence-electron chi connectivity index (χ2n) is 8.56. The average molecular weight is 556 g/mol. The number of nitrogens with one attached hydrogen (secondary N) is 2. The average Bonchev–Trinajstić information content (AvgIpc) is 3.39. The Morgan fingerprint density at radius 3 is 2.38 bits per heavy atom. The van der Waals surface area contributed by atoms with Crippen molar-refractivity contribution >= 4 is 38.0 Å². The van der Waals surface area contributed by atoms with E-state index in [9.17, 15) is 23.7 Å². The van der Waals surface area contributed by atoms with Gasteiger partial charge in [-0.15, -0.1) is 0 Å². The van der Waals surface area contributed by atoms with Crippen molar-refractivity contribution in [2.45, 2.75) is 25.2 Å². The summed E-state index contributed by atoms with van der Waals surface area (Å²) in [4.78, 5) is 41.4. The summed E-state index contributed by atoms with van der Waals surface area (Å²) in [5.74, 6) is 3.63. The first-order valence-corrected chi connectivity index (χ1v) is 13.7. The number of amides is 2. The number of carboxylic acid groups (broad SMARTS) is 1. The van der Waals surface area contributed by atoms with Crippen molar-refractivity contribution in [2.75, 3.05) is 5.32 Å². The number of carboxylic acids is 1. The highest BCUT2D eigenvalue weighted by molar-refractivity contribution is 8.02. The number of aromatic nitrogens is 1. The van der Waals surface area contributed by atoms with Crippen LogP contribution in [0.3, 0.4) is 0 Å². The van der Waals surface area contributed by atoms with Crippen molar-refractivity contribution in [3.8, 4) is 11.8 Å². The molecule has 3 N–H and O–H groups in total. The molecular formula is C30H25N3O6S. The summed E-state index contributed by atoms with van der Waals surface area (Å²) in [6, 6.07) is 18.0. The van der Waals surface area contributed by atoms with Crippen LogP contribution in [0.4, 0.5) is 5.69 Å². The molecule has 0 saturated heterocycles. The molecule has 0 spiro atoms. The van der Waals surface area contributed by atoms with Crippen LogP contribution in [0.1, 0.15) is 50.9 Å². The SMILES string of the molecule is CCC(C(=O)O)=S(=O)(NC(=O)c1cncc(C#Cc2cccc(NC(=O)c3occc3C)c2)c1)c1ccccc1. The largest absolute Gasteiger partial charge is 0.477 e. The van der Waals surface area contributed by atoms with Crippen LogP contribution in [0, 0.1) is 18.8 Å². The number of rotatable bonds is 7. The van der Waals surface area contributed by atoms with Gasteiger partial charge in [0.05, 0.1) is 26.4 Å². The number of carbonyl (C=O) groups excluding carboxylic acids is 2. The molecule has 2 amide bonds. The first kappa shape index (κ1) is 27.9. The summed E-state index contributed by atoms with van der Waals surface area (Å²) >= 11 is 0. The quantitative estimate of drug-likeness (QED) is 0.228. The van der Waals surface area contributed by atoms with E-state index in [-0.39, 0.29) is 33.4 Å². The maximum Gasteiger partial charge on any atom is 0.341 e. The molecule has 0 aliphatic heterocycles. The number of pyridine rings is 1. The maximum atomic E-state index is 13.9. The smallest absolute Gasteiger partial charge is 0.341 e. The Balaban J connectivity index is 1.57. The van der Waals surface area contributed by atoms with Crippen LogP contribution in [0.2, 0.25) is 0 Å². The lowest BCUT2D eigenvalue weighted by atomic mass is 10.1. The number of aliphatic carboxylic acids is 1. The molecule has 10 heteroatoms. The first-order chi connectivity index (χ1) is 19.2. The molecule has 1 unspecified atom stereocenters. The van der Waals surface area contributed by atoms with Gasteiger partial charge in [-0.25, -0.2) is 9.00 Å². The van der Waals surface area contributed by atoms with E-state index in [1.165, 1.54) is 36.9 Å². The highest BCUT2D eigenvalue weighted by Crippen LogP contribution is 2.16. The molecule has 0 saturated carbocycles. The summed E-state index contributed by atoms with van der Waals surface area (Å²) in [5.41, 5.74) is 2.30.